The van der Waals surface area contributed by atoms with Crippen LogP contribution >= 0.6 is 0 Å². The van der Waals surface area contributed by atoms with E-state index in [2.05, 4.69) is 16.1 Å². The Morgan fingerprint density at radius 1 is 1.43 bits per heavy atom. The molecule has 2 heterocycles. The minimum Gasteiger partial charge on any atom is -0.350 e. The third kappa shape index (κ3) is 2.50. The van der Waals surface area contributed by atoms with E-state index in [1.54, 1.807) is 12.4 Å². The first-order chi connectivity index (χ1) is 6.95. The number of pyridine rings is 1. The molecule has 0 bridgehead atoms. The molecule has 0 N–H and O–H groups in total. The molecule has 0 saturated heterocycles. The number of hydrogen-bond acceptors (Lipinski definition) is 3. The van der Waals surface area contributed by atoms with Crippen molar-refractivity contribution in [1.82, 2.24) is 4.98 Å². The average molecular weight is 188 g/mol. The lowest BCUT2D eigenvalue weighted by molar-refractivity contribution is 0.0466. The van der Waals surface area contributed by atoms with Crippen LogP contribution < -0.4 is 0 Å². The van der Waals surface area contributed by atoms with Gasteiger partial charge in [-0.05, 0) is 18.2 Å². The first kappa shape index (κ1) is 9.09. The van der Waals surface area contributed by atoms with Crippen LogP contribution in [0.1, 0.15) is 12.1 Å². The van der Waals surface area contributed by atoms with Gasteiger partial charge in [-0.15, -0.1) is 0 Å². The number of aliphatic imine (C=N–C) groups is 1. The molecule has 0 amide bonds. The summed E-state index contributed by atoms with van der Waals surface area (Å²) in [6.45, 7) is 0.524. The SMILES string of the molecule is C1=CCC(OCc2ccccn2)N=C1. The van der Waals surface area contributed by atoms with Gasteiger partial charge in [-0.2, -0.15) is 0 Å². The Labute approximate surface area is 83.2 Å². The summed E-state index contributed by atoms with van der Waals surface area (Å²) < 4.78 is 5.56. The van der Waals surface area contributed by atoms with Crippen LogP contribution in [-0.2, 0) is 11.3 Å². The zero-order valence-electron chi connectivity index (χ0n) is 7.84. The van der Waals surface area contributed by atoms with Crippen molar-refractivity contribution in [2.75, 3.05) is 0 Å². The highest BCUT2D eigenvalue weighted by atomic mass is 16.5. The molecule has 0 radical (unpaired) electrons. The first-order valence-corrected chi connectivity index (χ1v) is 4.65. The fourth-order valence-electron chi connectivity index (χ4n) is 1.24. The second-order valence-corrected chi connectivity index (χ2v) is 3.05. The predicted octanol–water partition coefficient (Wildman–Crippen LogP) is 1.96. The number of nitrogens with zero attached hydrogens (tertiary/aromatic N) is 2. The van der Waals surface area contributed by atoms with Gasteiger partial charge in [-0.25, -0.2) is 0 Å². The predicted molar refractivity (Wildman–Crippen MR) is 55.1 cm³/mol. The summed E-state index contributed by atoms with van der Waals surface area (Å²) in [5, 5.41) is 0. The van der Waals surface area contributed by atoms with Gasteiger partial charge in [0.25, 0.3) is 0 Å². The Kier molecular flexibility index (Phi) is 3.03. The monoisotopic (exact) mass is 188 g/mol. The molecular weight excluding hydrogens is 176 g/mol. The number of hydrogen-bond donors (Lipinski definition) is 0. The Balaban J connectivity index is 1.83. The standard InChI is InChI=1S/C11H12N2O/c1-3-7-12-10(5-1)9-14-11-6-2-4-8-13-11/h1-5,7-8,11H,6,9H2. The van der Waals surface area contributed by atoms with Crippen LogP contribution in [0.5, 0.6) is 0 Å². The minimum absolute atomic E-state index is 0.0398. The second kappa shape index (κ2) is 4.67. The molecule has 1 aliphatic heterocycles. The summed E-state index contributed by atoms with van der Waals surface area (Å²) >= 11 is 0. The maximum atomic E-state index is 5.56. The van der Waals surface area contributed by atoms with Crippen molar-refractivity contribution in [2.45, 2.75) is 19.3 Å². The zero-order chi connectivity index (χ0) is 9.64. The van der Waals surface area contributed by atoms with Crippen molar-refractivity contribution in [3.8, 4) is 0 Å². The molecule has 0 saturated carbocycles. The Morgan fingerprint density at radius 2 is 2.43 bits per heavy atom. The van der Waals surface area contributed by atoms with Crippen molar-refractivity contribution in [1.29, 1.82) is 0 Å². The number of dihydropyridines is 1. The minimum atomic E-state index is -0.0398. The van der Waals surface area contributed by atoms with Crippen LogP contribution in [0.25, 0.3) is 0 Å². The van der Waals surface area contributed by atoms with Crippen LogP contribution in [0.15, 0.2) is 41.5 Å². The molecule has 0 fully saturated rings. The number of rotatable bonds is 3. The quantitative estimate of drug-likeness (QED) is 0.726. The van der Waals surface area contributed by atoms with E-state index >= 15 is 0 Å². The Hall–Kier alpha value is -1.48. The van der Waals surface area contributed by atoms with Crippen LogP contribution in [0.4, 0.5) is 0 Å². The maximum Gasteiger partial charge on any atom is 0.152 e. The third-order valence-electron chi connectivity index (χ3n) is 1.96. The fraction of sp³-hybridized carbons (Fsp3) is 0.273. The van der Waals surface area contributed by atoms with Gasteiger partial charge < -0.3 is 4.74 Å². The molecule has 1 aromatic rings. The summed E-state index contributed by atoms with van der Waals surface area (Å²) in [5.74, 6) is 0. The largest absolute Gasteiger partial charge is 0.350 e. The number of aromatic nitrogens is 1. The summed E-state index contributed by atoms with van der Waals surface area (Å²) in [6.07, 6.45) is 8.33. The molecule has 0 aromatic carbocycles. The molecule has 1 aromatic heterocycles. The van der Waals surface area contributed by atoms with Crippen molar-refractivity contribution in [3.05, 3.63) is 42.2 Å². The fourth-order valence-corrected chi connectivity index (χ4v) is 1.24. The maximum absolute atomic E-state index is 5.56. The van der Waals surface area contributed by atoms with E-state index in [-0.39, 0.29) is 6.23 Å². The molecule has 0 aliphatic carbocycles. The van der Waals surface area contributed by atoms with Crippen LogP contribution in [0, 0.1) is 0 Å². The highest BCUT2D eigenvalue weighted by Gasteiger charge is 2.06. The first-order valence-electron chi connectivity index (χ1n) is 4.65. The molecule has 3 heteroatoms. The summed E-state index contributed by atoms with van der Waals surface area (Å²) in [5.41, 5.74) is 0.942. The van der Waals surface area contributed by atoms with Crippen LogP contribution in [0.2, 0.25) is 0 Å². The molecule has 1 unspecified atom stereocenters. The lowest BCUT2D eigenvalue weighted by atomic mass is 10.3. The molecule has 2 rings (SSSR count). The third-order valence-corrected chi connectivity index (χ3v) is 1.96. The zero-order valence-corrected chi connectivity index (χ0v) is 7.84. The highest BCUT2D eigenvalue weighted by molar-refractivity contribution is 5.71. The van der Waals surface area contributed by atoms with Crippen LogP contribution in [-0.4, -0.2) is 17.4 Å². The van der Waals surface area contributed by atoms with Crippen molar-refractivity contribution in [3.63, 3.8) is 0 Å². The van der Waals surface area contributed by atoms with E-state index in [1.807, 2.05) is 24.3 Å². The van der Waals surface area contributed by atoms with E-state index in [9.17, 15) is 0 Å². The summed E-state index contributed by atoms with van der Waals surface area (Å²) in [6, 6.07) is 5.79. The van der Waals surface area contributed by atoms with Gasteiger partial charge >= 0.3 is 0 Å². The smallest absolute Gasteiger partial charge is 0.152 e. The van der Waals surface area contributed by atoms with E-state index in [4.69, 9.17) is 4.74 Å². The van der Waals surface area contributed by atoms with E-state index in [0.29, 0.717) is 6.61 Å². The molecular formula is C11H12N2O. The lowest BCUT2D eigenvalue weighted by Crippen LogP contribution is -2.11. The summed E-state index contributed by atoms with van der Waals surface area (Å²) in [4.78, 5) is 8.35. The van der Waals surface area contributed by atoms with Gasteiger partial charge in [0.15, 0.2) is 6.23 Å². The molecule has 1 aliphatic rings. The molecule has 14 heavy (non-hydrogen) atoms. The topological polar surface area (TPSA) is 34.5 Å². The van der Waals surface area contributed by atoms with Gasteiger partial charge in [0.05, 0.1) is 12.3 Å². The van der Waals surface area contributed by atoms with Crippen molar-refractivity contribution < 1.29 is 4.74 Å². The van der Waals surface area contributed by atoms with E-state index in [1.165, 1.54) is 0 Å². The van der Waals surface area contributed by atoms with Crippen LogP contribution in [0.3, 0.4) is 0 Å². The van der Waals surface area contributed by atoms with E-state index in [0.717, 1.165) is 12.1 Å². The van der Waals surface area contributed by atoms with Crippen molar-refractivity contribution in [2.24, 2.45) is 4.99 Å². The summed E-state index contributed by atoms with van der Waals surface area (Å²) in [7, 11) is 0. The van der Waals surface area contributed by atoms with Gasteiger partial charge in [0.1, 0.15) is 0 Å². The second-order valence-electron chi connectivity index (χ2n) is 3.05. The van der Waals surface area contributed by atoms with Gasteiger partial charge in [0, 0.05) is 18.8 Å². The highest BCUT2D eigenvalue weighted by Crippen LogP contribution is 2.07. The normalized spacial score (nSPS) is 19.9. The van der Waals surface area contributed by atoms with Gasteiger partial charge in [0.2, 0.25) is 0 Å². The van der Waals surface area contributed by atoms with Gasteiger partial charge in [-0.1, -0.05) is 12.1 Å². The van der Waals surface area contributed by atoms with E-state index < -0.39 is 0 Å². The average Bonchev–Trinajstić information content (AvgIpc) is 2.29. The van der Waals surface area contributed by atoms with Gasteiger partial charge in [-0.3, -0.25) is 9.98 Å². The molecule has 3 nitrogen and oxygen atoms in total. The molecule has 0 spiro atoms. The Bertz CT molecular complexity index is 332. The molecule has 72 valence electrons. The number of ether oxygens (including phenoxy) is 1. The lowest BCUT2D eigenvalue weighted by Gasteiger charge is -2.12. The molecule has 1 atom stereocenters. The number of allylic oxidation sites excluding steroid dienone is 1. The van der Waals surface area contributed by atoms with Crippen molar-refractivity contribution >= 4 is 6.21 Å². The Morgan fingerprint density at radius 3 is 3.14 bits per heavy atom.